The van der Waals surface area contributed by atoms with Crippen molar-refractivity contribution >= 4 is 5.69 Å². The Kier molecular flexibility index (Phi) is 3.13. The molecule has 0 radical (unpaired) electrons. The third-order valence-corrected chi connectivity index (χ3v) is 3.56. The van der Waals surface area contributed by atoms with Gasteiger partial charge in [0.05, 0.1) is 12.6 Å². The number of anilines is 1. The number of aryl methyl sites for hydroxylation is 1. The second kappa shape index (κ2) is 4.94. The van der Waals surface area contributed by atoms with Crippen LogP contribution >= 0.6 is 0 Å². The molecule has 1 heterocycles. The molecule has 1 atom stereocenters. The first kappa shape index (κ1) is 12.1. The largest absolute Gasteiger partial charge is 0.493 e. The zero-order chi connectivity index (χ0) is 13.2. The number of rotatable bonds is 2. The van der Waals surface area contributed by atoms with E-state index in [0.717, 1.165) is 42.0 Å². The molecule has 2 aromatic rings. The monoisotopic (exact) mass is 254 g/mol. The Balaban J connectivity index is 1.93. The van der Waals surface area contributed by atoms with Crippen LogP contribution in [0.3, 0.4) is 0 Å². The van der Waals surface area contributed by atoms with Crippen molar-refractivity contribution in [2.45, 2.75) is 18.9 Å². The van der Waals surface area contributed by atoms with Crippen LogP contribution in [-0.2, 0) is 6.42 Å². The van der Waals surface area contributed by atoms with Crippen LogP contribution < -0.4 is 16.2 Å². The van der Waals surface area contributed by atoms with Crippen LogP contribution in [0, 0.1) is 0 Å². The van der Waals surface area contributed by atoms with Crippen molar-refractivity contribution in [1.82, 2.24) is 0 Å². The summed E-state index contributed by atoms with van der Waals surface area (Å²) >= 11 is 0. The van der Waals surface area contributed by atoms with Gasteiger partial charge in [0, 0.05) is 5.69 Å². The third-order valence-electron chi connectivity index (χ3n) is 3.56. The van der Waals surface area contributed by atoms with Crippen LogP contribution in [0.1, 0.15) is 29.2 Å². The van der Waals surface area contributed by atoms with Gasteiger partial charge in [-0.05, 0) is 47.7 Å². The van der Waals surface area contributed by atoms with E-state index in [-0.39, 0.29) is 6.04 Å². The van der Waals surface area contributed by atoms with Gasteiger partial charge in [0.1, 0.15) is 5.75 Å². The lowest BCUT2D eigenvalue weighted by Gasteiger charge is -2.20. The fourth-order valence-electron chi connectivity index (χ4n) is 2.52. The zero-order valence-electron chi connectivity index (χ0n) is 10.8. The van der Waals surface area contributed by atoms with Crippen LogP contribution in [0.5, 0.6) is 5.75 Å². The van der Waals surface area contributed by atoms with E-state index >= 15 is 0 Å². The summed E-state index contributed by atoms with van der Waals surface area (Å²) in [5.74, 6) is 0.995. The molecule has 0 aliphatic carbocycles. The minimum Gasteiger partial charge on any atom is -0.493 e. The summed E-state index contributed by atoms with van der Waals surface area (Å²) in [6.45, 7) is 0.813. The molecule has 0 fully saturated rings. The maximum absolute atomic E-state index is 6.32. The van der Waals surface area contributed by atoms with Gasteiger partial charge in [0.25, 0.3) is 0 Å². The summed E-state index contributed by atoms with van der Waals surface area (Å²) in [5.41, 5.74) is 16.3. The second-order valence-electron chi connectivity index (χ2n) is 4.97. The quantitative estimate of drug-likeness (QED) is 0.810. The molecule has 98 valence electrons. The maximum atomic E-state index is 6.32. The van der Waals surface area contributed by atoms with Crippen LogP contribution in [0.2, 0.25) is 0 Å². The van der Waals surface area contributed by atoms with Crippen molar-refractivity contribution in [1.29, 1.82) is 0 Å². The standard InChI is InChI=1S/C16H18N2O/c17-14-5-1-3-12(10-14)16(18)13-6-7-15-11(9-13)4-2-8-19-15/h1,3,5-7,9-10,16H,2,4,8,17-18H2. The van der Waals surface area contributed by atoms with Gasteiger partial charge in [-0.1, -0.05) is 24.3 Å². The molecular weight excluding hydrogens is 236 g/mol. The lowest BCUT2D eigenvalue weighted by molar-refractivity contribution is 0.288. The highest BCUT2D eigenvalue weighted by Gasteiger charge is 2.14. The maximum Gasteiger partial charge on any atom is 0.122 e. The predicted molar refractivity (Wildman–Crippen MR) is 77.1 cm³/mol. The molecule has 1 aliphatic heterocycles. The van der Waals surface area contributed by atoms with E-state index in [1.54, 1.807) is 0 Å². The van der Waals surface area contributed by atoms with Crippen LogP contribution in [0.25, 0.3) is 0 Å². The molecule has 0 amide bonds. The summed E-state index contributed by atoms with van der Waals surface area (Å²) in [5, 5.41) is 0. The fourth-order valence-corrected chi connectivity index (χ4v) is 2.52. The summed E-state index contributed by atoms with van der Waals surface area (Å²) in [7, 11) is 0. The molecule has 0 spiro atoms. The summed E-state index contributed by atoms with van der Waals surface area (Å²) < 4.78 is 5.62. The Morgan fingerprint density at radius 3 is 2.74 bits per heavy atom. The number of benzene rings is 2. The Hall–Kier alpha value is -2.00. The fraction of sp³-hybridized carbons (Fsp3) is 0.250. The Labute approximate surface area is 113 Å². The molecule has 0 saturated carbocycles. The van der Waals surface area contributed by atoms with E-state index in [1.165, 1.54) is 5.56 Å². The molecule has 0 bridgehead atoms. The smallest absolute Gasteiger partial charge is 0.122 e. The molecule has 3 heteroatoms. The number of hydrogen-bond acceptors (Lipinski definition) is 3. The van der Waals surface area contributed by atoms with E-state index in [1.807, 2.05) is 36.4 Å². The molecule has 1 aliphatic rings. The van der Waals surface area contributed by atoms with E-state index in [0.29, 0.717) is 0 Å². The van der Waals surface area contributed by atoms with Crippen molar-refractivity contribution < 1.29 is 4.74 Å². The molecule has 3 rings (SSSR count). The van der Waals surface area contributed by atoms with Gasteiger partial charge in [-0.2, -0.15) is 0 Å². The van der Waals surface area contributed by atoms with E-state index < -0.39 is 0 Å². The van der Waals surface area contributed by atoms with Gasteiger partial charge in [0.15, 0.2) is 0 Å². The molecule has 2 aromatic carbocycles. The lowest BCUT2D eigenvalue weighted by atomic mass is 9.95. The SMILES string of the molecule is Nc1cccc(C(N)c2ccc3c(c2)CCCO3)c1. The van der Waals surface area contributed by atoms with E-state index in [9.17, 15) is 0 Å². The van der Waals surface area contributed by atoms with Gasteiger partial charge in [-0.25, -0.2) is 0 Å². The van der Waals surface area contributed by atoms with Crippen LogP contribution in [0.4, 0.5) is 5.69 Å². The zero-order valence-corrected chi connectivity index (χ0v) is 10.8. The molecular formula is C16H18N2O. The topological polar surface area (TPSA) is 61.3 Å². The average molecular weight is 254 g/mol. The predicted octanol–water partition coefficient (Wildman–Crippen LogP) is 2.64. The molecule has 3 nitrogen and oxygen atoms in total. The number of nitrogens with two attached hydrogens (primary N) is 2. The minimum atomic E-state index is -0.143. The first-order chi connectivity index (χ1) is 9.24. The van der Waals surface area contributed by atoms with Crippen molar-refractivity contribution in [2.75, 3.05) is 12.3 Å². The highest BCUT2D eigenvalue weighted by molar-refractivity contribution is 5.46. The summed E-state index contributed by atoms with van der Waals surface area (Å²) in [6.07, 6.45) is 2.14. The molecule has 1 unspecified atom stereocenters. The minimum absolute atomic E-state index is 0.143. The van der Waals surface area contributed by atoms with Crippen molar-refractivity contribution in [2.24, 2.45) is 5.73 Å². The van der Waals surface area contributed by atoms with Gasteiger partial charge in [-0.3, -0.25) is 0 Å². The number of ether oxygens (including phenoxy) is 1. The molecule has 19 heavy (non-hydrogen) atoms. The second-order valence-corrected chi connectivity index (χ2v) is 4.97. The van der Waals surface area contributed by atoms with Gasteiger partial charge < -0.3 is 16.2 Å². The van der Waals surface area contributed by atoms with Crippen LogP contribution in [0.15, 0.2) is 42.5 Å². The lowest BCUT2D eigenvalue weighted by Crippen LogP contribution is -2.14. The highest BCUT2D eigenvalue weighted by atomic mass is 16.5. The summed E-state index contributed by atoms with van der Waals surface area (Å²) in [4.78, 5) is 0. The number of hydrogen-bond donors (Lipinski definition) is 2. The molecule has 4 N–H and O–H groups in total. The average Bonchev–Trinajstić information content (AvgIpc) is 2.46. The Morgan fingerprint density at radius 1 is 1.05 bits per heavy atom. The molecule has 0 saturated heterocycles. The Bertz CT molecular complexity index is 595. The van der Waals surface area contributed by atoms with Gasteiger partial charge in [-0.15, -0.1) is 0 Å². The Morgan fingerprint density at radius 2 is 1.89 bits per heavy atom. The van der Waals surface area contributed by atoms with E-state index in [4.69, 9.17) is 16.2 Å². The van der Waals surface area contributed by atoms with E-state index in [2.05, 4.69) is 6.07 Å². The first-order valence-electron chi connectivity index (χ1n) is 6.61. The highest BCUT2D eigenvalue weighted by Crippen LogP contribution is 2.29. The van der Waals surface area contributed by atoms with Crippen molar-refractivity contribution in [3.05, 3.63) is 59.2 Å². The van der Waals surface area contributed by atoms with Crippen molar-refractivity contribution in [3.8, 4) is 5.75 Å². The van der Waals surface area contributed by atoms with Crippen molar-refractivity contribution in [3.63, 3.8) is 0 Å². The third kappa shape index (κ3) is 2.42. The normalized spacial score (nSPS) is 15.4. The molecule has 0 aromatic heterocycles. The van der Waals surface area contributed by atoms with Crippen LogP contribution in [-0.4, -0.2) is 6.61 Å². The summed E-state index contributed by atoms with van der Waals surface area (Å²) in [6, 6.07) is 13.8. The number of nitrogen functional groups attached to an aromatic ring is 1. The number of fused-ring (bicyclic) bond motifs is 1. The first-order valence-corrected chi connectivity index (χ1v) is 6.61. The van der Waals surface area contributed by atoms with Gasteiger partial charge >= 0.3 is 0 Å². The van der Waals surface area contributed by atoms with Gasteiger partial charge in [0.2, 0.25) is 0 Å².